The highest BCUT2D eigenvalue weighted by Crippen LogP contribution is 2.21. The maximum Gasteiger partial charge on any atom is 0.222 e. The molecule has 2 aromatic rings. The van der Waals surface area contributed by atoms with Crippen LogP contribution in [0.1, 0.15) is 17.8 Å². The van der Waals surface area contributed by atoms with E-state index in [1.54, 1.807) is 23.7 Å². The van der Waals surface area contributed by atoms with Crippen molar-refractivity contribution in [1.29, 1.82) is 0 Å². The Morgan fingerprint density at radius 3 is 2.89 bits per heavy atom. The van der Waals surface area contributed by atoms with Crippen molar-refractivity contribution in [3.05, 3.63) is 34.9 Å². The van der Waals surface area contributed by atoms with E-state index in [0.29, 0.717) is 6.42 Å². The van der Waals surface area contributed by atoms with E-state index in [-0.39, 0.29) is 5.91 Å². The molecule has 3 heterocycles. The van der Waals surface area contributed by atoms with Crippen LogP contribution in [0.3, 0.4) is 0 Å². The summed E-state index contributed by atoms with van der Waals surface area (Å²) in [7, 11) is 0. The molecular weight excluding hydrogens is 258 g/mol. The Morgan fingerprint density at radius 2 is 2.16 bits per heavy atom. The summed E-state index contributed by atoms with van der Waals surface area (Å²) in [4.78, 5) is 22.1. The highest BCUT2D eigenvalue weighted by Gasteiger charge is 2.19. The summed E-state index contributed by atoms with van der Waals surface area (Å²) in [5.74, 6) is 0.283. The number of pyridine rings is 1. The van der Waals surface area contributed by atoms with Gasteiger partial charge >= 0.3 is 0 Å². The highest BCUT2D eigenvalue weighted by molar-refractivity contribution is 7.09. The molecule has 4 nitrogen and oxygen atoms in total. The Bertz CT molecular complexity index is 567. The first-order valence-electron chi connectivity index (χ1n) is 6.45. The number of nitrogens with zero attached hydrogens (tertiary/aromatic N) is 3. The molecule has 0 aromatic carbocycles. The van der Waals surface area contributed by atoms with E-state index in [0.717, 1.165) is 42.2 Å². The number of amides is 1. The first-order valence-corrected chi connectivity index (χ1v) is 7.33. The van der Waals surface area contributed by atoms with Crippen molar-refractivity contribution in [2.75, 3.05) is 13.1 Å². The lowest BCUT2D eigenvalue weighted by atomic mass is 10.2. The van der Waals surface area contributed by atoms with Crippen LogP contribution in [0.5, 0.6) is 0 Å². The molecule has 0 spiro atoms. The van der Waals surface area contributed by atoms with Crippen molar-refractivity contribution in [1.82, 2.24) is 14.9 Å². The van der Waals surface area contributed by atoms with Crippen LogP contribution in [-0.2, 0) is 11.2 Å². The van der Waals surface area contributed by atoms with Crippen molar-refractivity contribution < 1.29 is 4.79 Å². The number of hydrogen-bond donors (Lipinski definition) is 0. The van der Waals surface area contributed by atoms with Crippen LogP contribution in [0.4, 0.5) is 0 Å². The Labute approximate surface area is 116 Å². The third kappa shape index (κ3) is 2.81. The van der Waals surface area contributed by atoms with Crippen LogP contribution in [-0.4, -0.2) is 33.9 Å². The number of hydrogen-bond acceptors (Lipinski definition) is 4. The first-order chi connectivity index (χ1) is 9.33. The molecular formula is C14H15N3OS. The minimum absolute atomic E-state index is 0.283. The van der Waals surface area contributed by atoms with Gasteiger partial charge in [-0.15, -0.1) is 11.3 Å². The first kappa shape index (κ1) is 12.3. The molecule has 2 aromatic heterocycles. The summed E-state index contributed by atoms with van der Waals surface area (Å²) in [6.45, 7) is 1.70. The lowest BCUT2D eigenvalue weighted by Crippen LogP contribution is -2.26. The molecule has 0 bridgehead atoms. The second kappa shape index (κ2) is 5.48. The molecule has 19 heavy (non-hydrogen) atoms. The largest absolute Gasteiger partial charge is 0.342 e. The van der Waals surface area contributed by atoms with Crippen LogP contribution in [0.25, 0.3) is 11.3 Å². The predicted octanol–water partition coefficient (Wildman–Crippen LogP) is 2.37. The number of thiazole rings is 1. The van der Waals surface area contributed by atoms with Crippen LogP contribution in [0, 0.1) is 0 Å². The number of likely N-dealkylation sites (tertiary alicyclic amines) is 1. The smallest absolute Gasteiger partial charge is 0.222 e. The van der Waals surface area contributed by atoms with Gasteiger partial charge in [0.05, 0.1) is 10.7 Å². The predicted molar refractivity (Wildman–Crippen MR) is 74.9 cm³/mol. The van der Waals surface area contributed by atoms with E-state index in [2.05, 4.69) is 15.3 Å². The minimum atomic E-state index is 0.283. The summed E-state index contributed by atoms with van der Waals surface area (Å²) in [6.07, 6.45) is 6.11. The Balaban J connectivity index is 1.64. The van der Waals surface area contributed by atoms with E-state index in [4.69, 9.17) is 0 Å². The fourth-order valence-electron chi connectivity index (χ4n) is 2.25. The summed E-state index contributed by atoms with van der Waals surface area (Å²) in [6, 6.07) is 3.92. The van der Waals surface area contributed by atoms with Gasteiger partial charge < -0.3 is 4.90 Å². The van der Waals surface area contributed by atoms with Gasteiger partial charge in [0.1, 0.15) is 0 Å². The molecule has 3 rings (SSSR count). The van der Waals surface area contributed by atoms with Gasteiger partial charge in [0.2, 0.25) is 5.91 Å². The molecule has 0 N–H and O–H groups in total. The Kier molecular flexibility index (Phi) is 3.55. The molecule has 0 aliphatic carbocycles. The van der Waals surface area contributed by atoms with E-state index in [1.807, 2.05) is 17.0 Å². The summed E-state index contributed by atoms with van der Waals surface area (Å²) in [5, 5.41) is 3.16. The van der Waals surface area contributed by atoms with E-state index in [9.17, 15) is 4.79 Å². The SMILES string of the molecule is O=C1CCCN1CCc1nc(-c2ccncc2)cs1. The standard InChI is InChI=1S/C14H15N3OS/c18-14-2-1-8-17(14)9-5-13-16-12(10-19-13)11-3-6-15-7-4-11/h3-4,6-7,10H,1-2,5,8-9H2. The van der Waals surface area contributed by atoms with E-state index in [1.165, 1.54) is 0 Å². The Morgan fingerprint density at radius 1 is 1.32 bits per heavy atom. The minimum Gasteiger partial charge on any atom is -0.342 e. The third-order valence-corrected chi connectivity index (χ3v) is 4.20. The third-order valence-electron chi connectivity index (χ3n) is 3.29. The van der Waals surface area contributed by atoms with Gasteiger partial charge in [-0.25, -0.2) is 4.98 Å². The summed E-state index contributed by atoms with van der Waals surface area (Å²) >= 11 is 1.66. The Hall–Kier alpha value is -1.75. The molecule has 1 aliphatic rings. The lowest BCUT2D eigenvalue weighted by Gasteiger charge is -2.13. The van der Waals surface area contributed by atoms with Crippen LogP contribution in [0.15, 0.2) is 29.9 Å². The zero-order valence-electron chi connectivity index (χ0n) is 10.6. The van der Waals surface area contributed by atoms with Crippen molar-refractivity contribution in [2.24, 2.45) is 0 Å². The fourth-order valence-corrected chi connectivity index (χ4v) is 3.05. The van der Waals surface area contributed by atoms with Crippen molar-refractivity contribution in [2.45, 2.75) is 19.3 Å². The molecule has 1 aliphatic heterocycles. The van der Waals surface area contributed by atoms with Gasteiger partial charge in [-0.2, -0.15) is 0 Å². The highest BCUT2D eigenvalue weighted by atomic mass is 32.1. The zero-order chi connectivity index (χ0) is 13.1. The average molecular weight is 273 g/mol. The molecule has 0 radical (unpaired) electrons. The second-order valence-corrected chi connectivity index (χ2v) is 5.54. The average Bonchev–Trinajstić information content (AvgIpc) is 3.06. The van der Waals surface area contributed by atoms with Gasteiger partial charge in [-0.3, -0.25) is 9.78 Å². The van der Waals surface area contributed by atoms with Gasteiger partial charge in [0.25, 0.3) is 0 Å². The molecule has 1 saturated heterocycles. The summed E-state index contributed by atoms with van der Waals surface area (Å²) < 4.78 is 0. The van der Waals surface area contributed by atoms with Crippen molar-refractivity contribution in [3.8, 4) is 11.3 Å². The van der Waals surface area contributed by atoms with Crippen molar-refractivity contribution >= 4 is 17.2 Å². The van der Waals surface area contributed by atoms with Crippen LogP contribution in [0.2, 0.25) is 0 Å². The fraction of sp³-hybridized carbons (Fsp3) is 0.357. The van der Waals surface area contributed by atoms with Crippen LogP contribution >= 0.6 is 11.3 Å². The van der Waals surface area contributed by atoms with Crippen molar-refractivity contribution in [3.63, 3.8) is 0 Å². The molecule has 0 saturated carbocycles. The van der Waals surface area contributed by atoms with E-state index >= 15 is 0 Å². The molecule has 1 fully saturated rings. The van der Waals surface area contributed by atoms with Gasteiger partial charge in [-0.05, 0) is 18.6 Å². The lowest BCUT2D eigenvalue weighted by molar-refractivity contribution is -0.127. The monoisotopic (exact) mass is 273 g/mol. The normalized spacial score (nSPS) is 15.2. The molecule has 98 valence electrons. The van der Waals surface area contributed by atoms with E-state index < -0.39 is 0 Å². The maximum atomic E-state index is 11.5. The number of carbonyl (C=O) groups is 1. The quantitative estimate of drug-likeness (QED) is 0.859. The second-order valence-electron chi connectivity index (χ2n) is 4.60. The van der Waals surface area contributed by atoms with Gasteiger partial charge in [0.15, 0.2) is 0 Å². The number of aromatic nitrogens is 2. The number of carbonyl (C=O) groups excluding carboxylic acids is 1. The molecule has 5 heteroatoms. The molecule has 0 atom stereocenters. The number of rotatable bonds is 4. The maximum absolute atomic E-state index is 11.5. The topological polar surface area (TPSA) is 46.1 Å². The van der Waals surface area contributed by atoms with Gasteiger partial charge in [-0.1, -0.05) is 0 Å². The molecule has 0 unspecified atom stereocenters. The van der Waals surface area contributed by atoms with Crippen LogP contribution < -0.4 is 0 Å². The molecule has 1 amide bonds. The summed E-state index contributed by atoms with van der Waals surface area (Å²) in [5.41, 5.74) is 2.09. The zero-order valence-corrected chi connectivity index (χ0v) is 11.4. The van der Waals surface area contributed by atoms with Gasteiger partial charge in [0, 0.05) is 49.3 Å².